The van der Waals surface area contributed by atoms with Crippen molar-refractivity contribution in [1.82, 2.24) is 10.1 Å². The van der Waals surface area contributed by atoms with Crippen molar-refractivity contribution >= 4 is 10.8 Å². The lowest BCUT2D eigenvalue weighted by Crippen LogP contribution is -2.04. The van der Waals surface area contributed by atoms with Gasteiger partial charge in [0.05, 0.1) is 7.11 Å². The SMILES string of the molecule is COc1ccc(CCS(=O)Cc2nc(-c3ccc(C)cc3)no2)cc1. The topological polar surface area (TPSA) is 65.2 Å². The van der Waals surface area contributed by atoms with Crippen molar-refractivity contribution in [2.45, 2.75) is 19.1 Å². The molecule has 0 bridgehead atoms. The summed E-state index contributed by atoms with van der Waals surface area (Å²) < 4.78 is 22.6. The highest BCUT2D eigenvalue weighted by Gasteiger charge is 2.12. The molecular formula is C19H20N2O3S. The van der Waals surface area contributed by atoms with Crippen LogP contribution in [0.4, 0.5) is 0 Å². The number of benzene rings is 2. The lowest BCUT2D eigenvalue weighted by molar-refractivity contribution is 0.390. The van der Waals surface area contributed by atoms with Gasteiger partial charge < -0.3 is 9.26 Å². The first kappa shape index (κ1) is 17.4. The van der Waals surface area contributed by atoms with Crippen molar-refractivity contribution in [2.75, 3.05) is 12.9 Å². The van der Waals surface area contributed by atoms with Crippen LogP contribution >= 0.6 is 0 Å². The highest BCUT2D eigenvalue weighted by molar-refractivity contribution is 7.84. The number of ether oxygens (including phenoxy) is 1. The normalized spacial score (nSPS) is 12.1. The summed E-state index contributed by atoms with van der Waals surface area (Å²) >= 11 is 0. The molecular weight excluding hydrogens is 336 g/mol. The molecule has 1 unspecified atom stereocenters. The molecule has 5 nitrogen and oxygen atoms in total. The number of nitrogens with zero attached hydrogens (tertiary/aromatic N) is 2. The largest absolute Gasteiger partial charge is 0.497 e. The maximum absolute atomic E-state index is 12.3. The van der Waals surface area contributed by atoms with E-state index in [0.717, 1.165) is 23.3 Å². The van der Waals surface area contributed by atoms with Crippen LogP contribution < -0.4 is 4.74 Å². The van der Waals surface area contributed by atoms with Crippen LogP contribution in [-0.2, 0) is 23.0 Å². The van der Waals surface area contributed by atoms with Crippen LogP contribution in [0.5, 0.6) is 5.75 Å². The zero-order valence-electron chi connectivity index (χ0n) is 14.3. The summed E-state index contributed by atoms with van der Waals surface area (Å²) in [5.41, 5.74) is 3.19. The molecule has 0 saturated heterocycles. The summed E-state index contributed by atoms with van der Waals surface area (Å²) in [5.74, 6) is 2.58. The van der Waals surface area contributed by atoms with Gasteiger partial charge in [-0.1, -0.05) is 47.1 Å². The van der Waals surface area contributed by atoms with Gasteiger partial charge in [0, 0.05) is 22.1 Å². The number of hydrogen-bond acceptors (Lipinski definition) is 5. The molecule has 3 rings (SSSR count). The number of aromatic nitrogens is 2. The molecule has 1 heterocycles. The Morgan fingerprint density at radius 1 is 1.08 bits per heavy atom. The van der Waals surface area contributed by atoms with Gasteiger partial charge in [0.15, 0.2) is 0 Å². The Labute approximate surface area is 149 Å². The lowest BCUT2D eigenvalue weighted by atomic mass is 10.1. The van der Waals surface area contributed by atoms with Gasteiger partial charge in [0.25, 0.3) is 0 Å². The molecule has 1 atom stereocenters. The molecule has 0 radical (unpaired) electrons. The fraction of sp³-hybridized carbons (Fsp3) is 0.263. The fourth-order valence-electron chi connectivity index (χ4n) is 2.37. The van der Waals surface area contributed by atoms with E-state index in [9.17, 15) is 4.21 Å². The minimum absolute atomic E-state index is 0.273. The lowest BCUT2D eigenvalue weighted by Gasteiger charge is -2.03. The van der Waals surface area contributed by atoms with E-state index in [2.05, 4.69) is 10.1 Å². The van der Waals surface area contributed by atoms with E-state index in [4.69, 9.17) is 9.26 Å². The third kappa shape index (κ3) is 4.76. The van der Waals surface area contributed by atoms with Gasteiger partial charge >= 0.3 is 0 Å². The third-order valence-corrected chi connectivity index (χ3v) is 5.07. The molecule has 0 saturated carbocycles. The zero-order chi connectivity index (χ0) is 17.6. The predicted octanol–water partition coefficient (Wildman–Crippen LogP) is 3.55. The van der Waals surface area contributed by atoms with Gasteiger partial charge in [-0.2, -0.15) is 4.98 Å². The van der Waals surface area contributed by atoms with Gasteiger partial charge in [0.2, 0.25) is 11.7 Å². The summed E-state index contributed by atoms with van der Waals surface area (Å²) in [7, 11) is 0.585. The Kier molecular flexibility index (Phi) is 5.60. The molecule has 1 aromatic heterocycles. The number of methoxy groups -OCH3 is 1. The summed E-state index contributed by atoms with van der Waals surface area (Å²) in [6.07, 6.45) is 0.732. The number of rotatable bonds is 7. The average Bonchev–Trinajstić information content (AvgIpc) is 3.09. The molecule has 2 aromatic carbocycles. The van der Waals surface area contributed by atoms with E-state index >= 15 is 0 Å². The van der Waals surface area contributed by atoms with Crippen LogP contribution in [0.25, 0.3) is 11.4 Å². The van der Waals surface area contributed by atoms with Crippen molar-refractivity contribution in [2.24, 2.45) is 0 Å². The Morgan fingerprint density at radius 3 is 2.48 bits per heavy atom. The van der Waals surface area contributed by atoms with Crippen LogP contribution in [0.3, 0.4) is 0 Å². The molecule has 0 aliphatic heterocycles. The minimum atomic E-state index is -1.05. The van der Waals surface area contributed by atoms with Crippen molar-refractivity contribution in [1.29, 1.82) is 0 Å². The van der Waals surface area contributed by atoms with Gasteiger partial charge in [-0.15, -0.1) is 0 Å². The monoisotopic (exact) mass is 356 g/mol. The fourth-order valence-corrected chi connectivity index (χ4v) is 3.37. The Bertz CT molecular complexity index is 842. The smallest absolute Gasteiger partial charge is 0.239 e. The van der Waals surface area contributed by atoms with E-state index in [-0.39, 0.29) is 5.75 Å². The first-order valence-corrected chi connectivity index (χ1v) is 9.50. The van der Waals surface area contributed by atoms with Gasteiger partial charge in [-0.3, -0.25) is 4.21 Å². The van der Waals surface area contributed by atoms with Crippen LogP contribution in [0.1, 0.15) is 17.0 Å². The van der Waals surface area contributed by atoms with Crippen LogP contribution in [0, 0.1) is 6.92 Å². The maximum atomic E-state index is 12.3. The standard InChI is InChI=1S/C19H20N2O3S/c1-14-3-7-16(8-4-14)19-20-18(24-21-19)13-25(22)12-11-15-5-9-17(23-2)10-6-15/h3-10H,11-13H2,1-2H3. The summed E-state index contributed by atoms with van der Waals surface area (Å²) in [5, 5.41) is 3.97. The molecule has 0 N–H and O–H groups in total. The molecule has 0 fully saturated rings. The molecule has 0 aliphatic carbocycles. The number of aryl methyl sites for hydroxylation is 2. The van der Waals surface area contributed by atoms with Crippen LogP contribution in [0.15, 0.2) is 53.1 Å². The van der Waals surface area contributed by atoms with Crippen molar-refractivity contribution in [3.8, 4) is 17.1 Å². The molecule has 6 heteroatoms. The minimum Gasteiger partial charge on any atom is -0.497 e. The highest BCUT2D eigenvalue weighted by Crippen LogP contribution is 2.17. The van der Waals surface area contributed by atoms with Gasteiger partial charge in [-0.25, -0.2) is 0 Å². The summed E-state index contributed by atoms with van der Waals surface area (Å²) in [6, 6.07) is 15.7. The molecule has 0 aliphatic rings. The van der Waals surface area contributed by atoms with Gasteiger partial charge in [-0.05, 0) is 31.0 Å². The van der Waals surface area contributed by atoms with Crippen LogP contribution in [0.2, 0.25) is 0 Å². The van der Waals surface area contributed by atoms with Crippen molar-refractivity contribution < 1.29 is 13.5 Å². The molecule has 130 valence electrons. The average molecular weight is 356 g/mol. The second kappa shape index (κ2) is 8.07. The Hall–Kier alpha value is -2.47. The van der Waals surface area contributed by atoms with E-state index in [1.165, 1.54) is 5.56 Å². The van der Waals surface area contributed by atoms with Crippen molar-refractivity contribution in [3.05, 3.63) is 65.5 Å². The number of hydrogen-bond donors (Lipinski definition) is 0. The van der Waals surface area contributed by atoms with E-state index in [1.54, 1.807) is 7.11 Å². The zero-order valence-corrected chi connectivity index (χ0v) is 15.1. The summed E-state index contributed by atoms with van der Waals surface area (Å²) in [6.45, 7) is 2.03. The van der Waals surface area contributed by atoms with E-state index in [0.29, 0.717) is 17.5 Å². The predicted molar refractivity (Wildman–Crippen MR) is 97.9 cm³/mol. The van der Waals surface area contributed by atoms with Crippen molar-refractivity contribution in [3.63, 3.8) is 0 Å². The first-order chi connectivity index (χ1) is 12.1. The molecule has 0 amide bonds. The second-order valence-corrected chi connectivity index (χ2v) is 7.34. The molecule has 3 aromatic rings. The van der Waals surface area contributed by atoms with E-state index in [1.807, 2.05) is 55.5 Å². The Morgan fingerprint density at radius 2 is 1.80 bits per heavy atom. The van der Waals surface area contributed by atoms with Crippen LogP contribution in [-0.4, -0.2) is 27.2 Å². The Balaban J connectivity index is 1.55. The first-order valence-electron chi connectivity index (χ1n) is 8.01. The maximum Gasteiger partial charge on any atom is 0.239 e. The van der Waals surface area contributed by atoms with Gasteiger partial charge in [0.1, 0.15) is 11.5 Å². The summed E-state index contributed by atoms with van der Waals surface area (Å²) in [4.78, 5) is 4.34. The second-order valence-electron chi connectivity index (χ2n) is 5.76. The van der Waals surface area contributed by atoms with E-state index < -0.39 is 10.8 Å². The quantitative estimate of drug-likeness (QED) is 0.648. The third-order valence-electron chi connectivity index (χ3n) is 3.84. The highest BCUT2D eigenvalue weighted by atomic mass is 32.2. The molecule has 25 heavy (non-hydrogen) atoms. The molecule has 0 spiro atoms.